The maximum absolute atomic E-state index is 13.9. The summed E-state index contributed by atoms with van der Waals surface area (Å²) in [4.78, 5) is 24.1. The number of Topliss-reactive ketones (excluding diaryl/α,β-unsaturated/α-hetero) is 1. The number of hydrogen-bond donors (Lipinski definition) is 0. The van der Waals surface area contributed by atoms with E-state index in [2.05, 4.69) is 6.92 Å². The molecular weight excluding hydrogens is 298 g/mol. The molecule has 4 rings (SSSR count). The monoisotopic (exact) mass is 322 g/mol. The van der Waals surface area contributed by atoms with Crippen LogP contribution in [0.3, 0.4) is 0 Å². The fourth-order valence-electron chi connectivity index (χ4n) is 6.46. The first kappa shape index (κ1) is 15.5. The van der Waals surface area contributed by atoms with Crippen molar-refractivity contribution in [1.82, 2.24) is 0 Å². The summed E-state index contributed by atoms with van der Waals surface area (Å²) in [6, 6.07) is 0. The molecule has 5 atom stereocenters. The second-order valence-corrected chi connectivity index (χ2v) is 8.31. The van der Waals surface area contributed by atoms with Crippen molar-refractivity contribution in [3.05, 3.63) is 11.6 Å². The van der Waals surface area contributed by atoms with E-state index in [1.807, 2.05) is 6.08 Å². The van der Waals surface area contributed by atoms with Gasteiger partial charge in [0.25, 0.3) is 6.43 Å². The topological polar surface area (TPSA) is 34.1 Å². The van der Waals surface area contributed by atoms with Crippen molar-refractivity contribution in [3.63, 3.8) is 0 Å². The lowest BCUT2D eigenvalue weighted by Crippen LogP contribution is -2.53. The molecule has 0 radical (unpaired) electrons. The zero-order valence-electron chi connectivity index (χ0n) is 13.6. The molecule has 4 heteroatoms. The number of alkyl halides is 2. The highest BCUT2D eigenvalue weighted by atomic mass is 19.3. The number of rotatable bonds is 1. The molecule has 0 aromatic heterocycles. The Balaban J connectivity index is 1.72. The van der Waals surface area contributed by atoms with Crippen LogP contribution in [0.4, 0.5) is 8.78 Å². The molecule has 2 nitrogen and oxygen atoms in total. The lowest BCUT2D eigenvalue weighted by Gasteiger charge is -2.57. The van der Waals surface area contributed by atoms with Gasteiger partial charge in [-0.2, -0.15) is 0 Å². The van der Waals surface area contributed by atoms with E-state index in [-0.39, 0.29) is 28.8 Å². The van der Waals surface area contributed by atoms with Gasteiger partial charge in [0.15, 0.2) is 5.78 Å². The molecule has 4 aliphatic carbocycles. The third-order valence-corrected chi connectivity index (χ3v) is 7.68. The largest absolute Gasteiger partial charge is 0.299 e. The van der Waals surface area contributed by atoms with Crippen LogP contribution >= 0.6 is 0 Å². The van der Waals surface area contributed by atoms with Gasteiger partial charge in [-0.15, -0.1) is 0 Å². The summed E-state index contributed by atoms with van der Waals surface area (Å²) in [7, 11) is 0. The molecule has 0 aromatic rings. The Kier molecular flexibility index (Phi) is 3.34. The number of allylic oxidation sites excluding steroid dienone is 1. The van der Waals surface area contributed by atoms with E-state index in [0.717, 1.165) is 19.3 Å². The van der Waals surface area contributed by atoms with E-state index in [4.69, 9.17) is 0 Å². The Morgan fingerprint density at radius 1 is 1.04 bits per heavy atom. The fourth-order valence-corrected chi connectivity index (χ4v) is 6.46. The molecule has 0 N–H and O–H groups in total. The molecule has 0 spiro atoms. The van der Waals surface area contributed by atoms with E-state index < -0.39 is 11.8 Å². The summed E-state index contributed by atoms with van der Waals surface area (Å²) in [6.45, 7) is 2.23. The molecule has 4 aliphatic rings. The third-order valence-electron chi connectivity index (χ3n) is 7.68. The van der Waals surface area contributed by atoms with Crippen molar-refractivity contribution < 1.29 is 18.4 Å². The smallest absolute Gasteiger partial charge is 0.251 e. The van der Waals surface area contributed by atoms with Gasteiger partial charge in [-0.1, -0.05) is 12.5 Å². The SMILES string of the molecule is C[C@]12CCC(=O)C=C1CC[C@@H]1[C@@H]2CC[C@]2(C(F)F)C(=O)CC[C@@H]12. The van der Waals surface area contributed by atoms with Crippen LogP contribution in [-0.2, 0) is 9.59 Å². The highest BCUT2D eigenvalue weighted by Crippen LogP contribution is 2.65. The molecule has 3 fully saturated rings. The number of ketones is 2. The van der Waals surface area contributed by atoms with Crippen LogP contribution in [0.5, 0.6) is 0 Å². The lowest BCUT2D eigenvalue weighted by molar-refractivity contribution is -0.153. The van der Waals surface area contributed by atoms with E-state index in [1.54, 1.807) is 0 Å². The first-order chi connectivity index (χ1) is 10.9. The Labute approximate surface area is 135 Å². The predicted octanol–water partition coefficient (Wildman–Crippen LogP) is 4.33. The van der Waals surface area contributed by atoms with Crippen molar-refractivity contribution in [2.75, 3.05) is 0 Å². The van der Waals surface area contributed by atoms with Crippen molar-refractivity contribution >= 4 is 11.6 Å². The van der Waals surface area contributed by atoms with Gasteiger partial charge in [-0.25, -0.2) is 8.78 Å². The van der Waals surface area contributed by atoms with Crippen molar-refractivity contribution in [1.29, 1.82) is 0 Å². The van der Waals surface area contributed by atoms with Crippen molar-refractivity contribution in [2.24, 2.45) is 28.6 Å². The summed E-state index contributed by atoms with van der Waals surface area (Å²) in [5.74, 6) is 0.452. The molecule has 0 aliphatic heterocycles. The average Bonchev–Trinajstić information content (AvgIpc) is 2.86. The third kappa shape index (κ3) is 1.90. The van der Waals surface area contributed by atoms with E-state index in [1.165, 1.54) is 5.57 Å². The summed E-state index contributed by atoms with van der Waals surface area (Å²) >= 11 is 0. The van der Waals surface area contributed by atoms with Gasteiger partial charge >= 0.3 is 0 Å². The van der Waals surface area contributed by atoms with Crippen LogP contribution < -0.4 is 0 Å². The number of carbonyl (C=O) groups excluding carboxylic acids is 2. The second kappa shape index (κ2) is 4.97. The Hall–Kier alpha value is -1.06. The Bertz CT molecular complexity index is 596. The quantitative estimate of drug-likeness (QED) is 0.720. The first-order valence-corrected chi connectivity index (χ1v) is 8.95. The van der Waals surface area contributed by atoms with Gasteiger partial charge in [0.2, 0.25) is 0 Å². The van der Waals surface area contributed by atoms with E-state index in [0.29, 0.717) is 38.0 Å². The van der Waals surface area contributed by atoms with Crippen LogP contribution in [0.2, 0.25) is 0 Å². The van der Waals surface area contributed by atoms with Gasteiger partial charge in [0.1, 0.15) is 5.78 Å². The number of carbonyl (C=O) groups is 2. The van der Waals surface area contributed by atoms with Crippen molar-refractivity contribution in [3.8, 4) is 0 Å². The predicted molar refractivity (Wildman–Crippen MR) is 82.0 cm³/mol. The number of fused-ring (bicyclic) bond motifs is 5. The molecule has 0 unspecified atom stereocenters. The van der Waals surface area contributed by atoms with Crippen LogP contribution in [0.25, 0.3) is 0 Å². The zero-order chi connectivity index (χ0) is 16.4. The fraction of sp³-hybridized carbons (Fsp3) is 0.789. The number of halogens is 2. The zero-order valence-corrected chi connectivity index (χ0v) is 13.6. The highest BCUT2D eigenvalue weighted by molar-refractivity contribution is 5.91. The summed E-state index contributed by atoms with van der Waals surface area (Å²) in [5, 5.41) is 0. The molecular formula is C19H24F2O2. The van der Waals surface area contributed by atoms with Gasteiger partial charge < -0.3 is 0 Å². The maximum atomic E-state index is 13.9. The minimum Gasteiger partial charge on any atom is -0.299 e. The van der Waals surface area contributed by atoms with E-state index >= 15 is 0 Å². The minimum atomic E-state index is -2.53. The first-order valence-electron chi connectivity index (χ1n) is 8.95. The van der Waals surface area contributed by atoms with Crippen molar-refractivity contribution in [2.45, 2.75) is 64.7 Å². The average molecular weight is 322 g/mol. The molecule has 0 aromatic carbocycles. The molecule has 23 heavy (non-hydrogen) atoms. The summed E-state index contributed by atoms with van der Waals surface area (Å²) < 4.78 is 27.8. The van der Waals surface area contributed by atoms with E-state index in [9.17, 15) is 18.4 Å². The Morgan fingerprint density at radius 2 is 1.83 bits per heavy atom. The molecule has 126 valence electrons. The highest BCUT2D eigenvalue weighted by Gasteiger charge is 2.64. The summed E-state index contributed by atoms with van der Waals surface area (Å²) in [6.07, 6.45) is 4.45. The van der Waals surface area contributed by atoms with Gasteiger partial charge in [0, 0.05) is 12.8 Å². The molecule has 3 saturated carbocycles. The molecule has 0 amide bonds. The normalized spacial score (nSPS) is 46.3. The molecule has 0 saturated heterocycles. The van der Waals surface area contributed by atoms with Gasteiger partial charge in [-0.3, -0.25) is 9.59 Å². The minimum absolute atomic E-state index is 0.0171. The van der Waals surface area contributed by atoms with Crippen LogP contribution in [0.1, 0.15) is 58.3 Å². The lowest BCUT2D eigenvalue weighted by atomic mass is 9.47. The van der Waals surface area contributed by atoms with Gasteiger partial charge in [0.05, 0.1) is 5.41 Å². The standard InChI is InChI=1S/C19H24F2O2/c1-18-8-6-12(22)10-11(18)2-3-13-14(18)7-9-19(17(20)21)15(13)4-5-16(19)23/h10,13-15,17H,2-9H2,1H3/t13-,14+,15+,18+,19-/m1/s1. The Morgan fingerprint density at radius 3 is 2.57 bits per heavy atom. The maximum Gasteiger partial charge on any atom is 0.251 e. The summed E-state index contributed by atoms with van der Waals surface area (Å²) in [5.41, 5.74) is -0.135. The second-order valence-electron chi connectivity index (χ2n) is 8.31. The van der Waals surface area contributed by atoms with Crippen LogP contribution in [0, 0.1) is 28.6 Å². The number of hydrogen-bond acceptors (Lipinski definition) is 2. The molecule has 0 heterocycles. The van der Waals surface area contributed by atoms with Crippen LogP contribution in [-0.4, -0.2) is 18.0 Å². The molecule has 0 bridgehead atoms. The van der Waals surface area contributed by atoms with Gasteiger partial charge in [-0.05, 0) is 67.8 Å². The van der Waals surface area contributed by atoms with Crippen LogP contribution in [0.15, 0.2) is 11.6 Å².